The van der Waals surface area contributed by atoms with Crippen LogP contribution in [-0.4, -0.2) is 11.6 Å². The van der Waals surface area contributed by atoms with Gasteiger partial charge in [0.1, 0.15) is 5.78 Å². The van der Waals surface area contributed by atoms with Gasteiger partial charge in [-0.2, -0.15) is 0 Å². The molecule has 0 bridgehead atoms. The van der Waals surface area contributed by atoms with E-state index < -0.39 is 0 Å². The Morgan fingerprint density at radius 3 is 2.57 bits per heavy atom. The Balaban J connectivity index is 1.67. The maximum Gasteiger partial charge on any atom is 0.155 e. The van der Waals surface area contributed by atoms with E-state index in [-0.39, 0.29) is 10.8 Å². The zero-order valence-electron chi connectivity index (χ0n) is 14.9. The second-order valence-electron chi connectivity index (χ2n) is 9.25. The Labute approximate surface area is 140 Å². The number of hydrogen-bond acceptors (Lipinski definition) is 2. The molecule has 4 aliphatic rings. The number of ketones is 2. The summed E-state index contributed by atoms with van der Waals surface area (Å²) in [5, 5.41) is 0. The molecule has 4 aliphatic carbocycles. The highest BCUT2D eigenvalue weighted by atomic mass is 16.1. The zero-order chi connectivity index (χ0) is 16.4. The molecule has 0 radical (unpaired) electrons. The van der Waals surface area contributed by atoms with E-state index in [0.717, 1.165) is 43.4 Å². The van der Waals surface area contributed by atoms with Crippen LogP contribution in [0.4, 0.5) is 0 Å². The van der Waals surface area contributed by atoms with E-state index in [2.05, 4.69) is 13.8 Å². The summed E-state index contributed by atoms with van der Waals surface area (Å²) in [6, 6.07) is 0. The number of fused-ring (bicyclic) bond motifs is 5. The third-order valence-corrected chi connectivity index (χ3v) is 8.45. The van der Waals surface area contributed by atoms with E-state index >= 15 is 0 Å². The SMILES string of the molecule is CC(=O)C1CC[C@H]2[C@H]3CCC4=CC(=O)CC[C@]4(C)[C@H]3CC[C@@]12C. The quantitative estimate of drug-likeness (QED) is 0.701. The number of hydrogen-bond donors (Lipinski definition) is 0. The molecule has 0 aliphatic heterocycles. The fourth-order valence-electron chi connectivity index (χ4n) is 7.23. The van der Waals surface area contributed by atoms with Crippen molar-refractivity contribution in [1.82, 2.24) is 0 Å². The second kappa shape index (κ2) is 5.04. The fraction of sp³-hybridized carbons (Fsp3) is 0.810. The summed E-state index contributed by atoms with van der Waals surface area (Å²) >= 11 is 0. The van der Waals surface area contributed by atoms with Crippen molar-refractivity contribution in [1.29, 1.82) is 0 Å². The predicted octanol–water partition coefficient (Wildman–Crippen LogP) is 4.72. The lowest BCUT2D eigenvalue weighted by Crippen LogP contribution is -2.51. The summed E-state index contributed by atoms with van der Waals surface area (Å²) in [7, 11) is 0. The minimum atomic E-state index is 0.245. The Morgan fingerprint density at radius 1 is 1.04 bits per heavy atom. The lowest BCUT2D eigenvalue weighted by atomic mass is 9.47. The average molecular weight is 314 g/mol. The van der Waals surface area contributed by atoms with E-state index in [1.807, 2.05) is 6.08 Å². The molecule has 6 atom stereocenters. The standard InChI is InChI=1S/C21H30O2/c1-13(22)17-6-7-18-16-5-4-14-12-15(23)8-10-20(14,2)19(16)9-11-21(17,18)3/h12,16-19H,4-11H2,1-3H3/t16-,17?,18+,19+,20+,21+/m1/s1. The van der Waals surface area contributed by atoms with Gasteiger partial charge in [-0.05, 0) is 86.5 Å². The van der Waals surface area contributed by atoms with Crippen LogP contribution in [0.5, 0.6) is 0 Å². The van der Waals surface area contributed by atoms with Crippen LogP contribution in [0, 0.1) is 34.5 Å². The van der Waals surface area contributed by atoms with E-state index in [9.17, 15) is 9.59 Å². The lowest BCUT2D eigenvalue weighted by molar-refractivity contribution is -0.128. The van der Waals surface area contributed by atoms with Crippen molar-refractivity contribution in [2.24, 2.45) is 34.5 Å². The molecule has 23 heavy (non-hydrogen) atoms. The summed E-state index contributed by atoms with van der Waals surface area (Å²) < 4.78 is 0. The average Bonchev–Trinajstić information content (AvgIpc) is 2.85. The minimum Gasteiger partial charge on any atom is -0.300 e. The first kappa shape index (κ1) is 15.6. The molecule has 0 heterocycles. The molecule has 2 nitrogen and oxygen atoms in total. The largest absolute Gasteiger partial charge is 0.300 e. The molecule has 3 saturated carbocycles. The van der Waals surface area contributed by atoms with Crippen LogP contribution in [0.25, 0.3) is 0 Å². The van der Waals surface area contributed by atoms with Crippen molar-refractivity contribution in [2.45, 2.75) is 72.1 Å². The topological polar surface area (TPSA) is 34.1 Å². The molecule has 4 rings (SSSR count). The number of allylic oxidation sites excluding steroid dienone is 1. The van der Waals surface area contributed by atoms with Gasteiger partial charge in [0, 0.05) is 12.3 Å². The van der Waals surface area contributed by atoms with E-state index in [0.29, 0.717) is 17.5 Å². The molecule has 126 valence electrons. The van der Waals surface area contributed by atoms with Crippen LogP contribution in [0.1, 0.15) is 72.1 Å². The van der Waals surface area contributed by atoms with Crippen LogP contribution < -0.4 is 0 Å². The van der Waals surface area contributed by atoms with Crippen LogP contribution >= 0.6 is 0 Å². The summed E-state index contributed by atoms with van der Waals surface area (Å²) in [6.45, 7) is 6.65. The number of rotatable bonds is 1. The Kier molecular flexibility index (Phi) is 3.42. The monoisotopic (exact) mass is 314 g/mol. The van der Waals surface area contributed by atoms with Gasteiger partial charge in [0.15, 0.2) is 5.78 Å². The maximum absolute atomic E-state index is 12.1. The van der Waals surface area contributed by atoms with Crippen molar-refractivity contribution in [3.05, 3.63) is 11.6 Å². The van der Waals surface area contributed by atoms with E-state index in [1.54, 1.807) is 6.92 Å². The second-order valence-corrected chi connectivity index (χ2v) is 9.25. The van der Waals surface area contributed by atoms with Gasteiger partial charge >= 0.3 is 0 Å². The normalized spacial score (nSPS) is 49.0. The number of carbonyl (C=O) groups is 2. The molecule has 0 spiro atoms. The van der Waals surface area contributed by atoms with Crippen molar-refractivity contribution in [3.63, 3.8) is 0 Å². The van der Waals surface area contributed by atoms with Crippen molar-refractivity contribution < 1.29 is 9.59 Å². The summed E-state index contributed by atoms with van der Waals surface area (Å²) in [6.07, 6.45) is 10.9. The predicted molar refractivity (Wildman–Crippen MR) is 90.9 cm³/mol. The first-order chi connectivity index (χ1) is 10.9. The first-order valence-corrected chi connectivity index (χ1v) is 9.60. The van der Waals surface area contributed by atoms with E-state index in [4.69, 9.17) is 0 Å². The van der Waals surface area contributed by atoms with E-state index in [1.165, 1.54) is 31.3 Å². The highest BCUT2D eigenvalue weighted by molar-refractivity contribution is 5.91. The molecular weight excluding hydrogens is 284 g/mol. The molecule has 0 aromatic rings. The molecule has 0 amide bonds. The molecular formula is C21H30O2. The van der Waals surface area contributed by atoms with Crippen molar-refractivity contribution >= 4 is 11.6 Å². The molecule has 0 saturated heterocycles. The van der Waals surface area contributed by atoms with Gasteiger partial charge in [0.05, 0.1) is 0 Å². The van der Waals surface area contributed by atoms with Gasteiger partial charge in [-0.25, -0.2) is 0 Å². The fourth-order valence-corrected chi connectivity index (χ4v) is 7.23. The molecule has 0 aromatic carbocycles. The Bertz CT molecular complexity index is 589. The molecule has 0 aromatic heterocycles. The Morgan fingerprint density at radius 2 is 1.83 bits per heavy atom. The summed E-state index contributed by atoms with van der Waals surface area (Å²) in [5.41, 5.74) is 1.95. The van der Waals surface area contributed by atoms with Gasteiger partial charge in [-0.3, -0.25) is 9.59 Å². The van der Waals surface area contributed by atoms with Gasteiger partial charge in [0.25, 0.3) is 0 Å². The van der Waals surface area contributed by atoms with Crippen LogP contribution in [0.15, 0.2) is 11.6 Å². The van der Waals surface area contributed by atoms with Gasteiger partial charge in [0.2, 0.25) is 0 Å². The van der Waals surface area contributed by atoms with Crippen molar-refractivity contribution in [3.8, 4) is 0 Å². The van der Waals surface area contributed by atoms with Gasteiger partial charge < -0.3 is 0 Å². The van der Waals surface area contributed by atoms with Crippen LogP contribution in [0.2, 0.25) is 0 Å². The molecule has 1 unspecified atom stereocenters. The minimum absolute atomic E-state index is 0.245. The molecule has 3 fully saturated rings. The number of carbonyl (C=O) groups excluding carboxylic acids is 2. The van der Waals surface area contributed by atoms with Gasteiger partial charge in [-0.1, -0.05) is 19.4 Å². The first-order valence-electron chi connectivity index (χ1n) is 9.60. The van der Waals surface area contributed by atoms with Gasteiger partial charge in [-0.15, -0.1) is 0 Å². The lowest BCUT2D eigenvalue weighted by Gasteiger charge is -2.58. The zero-order valence-corrected chi connectivity index (χ0v) is 14.9. The summed E-state index contributed by atoms with van der Waals surface area (Å²) in [5.74, 6) is 3.29. The third-order valence-electron chi connectivity index (χ3n) is 8.45. The highest BCUT2D eigenvalue weighted by Gasteiger charge is 2.59. The smallest absolute Gasteiger partial charge is 0.155 e. The third kappa shape index (κ3) is 2.06. The number of Topliss-reactive ketones (excluding diaryl/α,β-unsaturated/α-hetero) is 1. The van der Waals surface area contributed by atoms with Crippen molar-refractivity contribution in [2.75, 3.05) is 0 Å². The maximum atomic E-state index is 12.1. The molecule has 0 N–H and O–H groups in total. The molecule has 2 heteroatoms. The summed E-state index contributed by atoms with van der Waals surface area (Å²) in [4.78, 5) is 24.0. The van der Waals surface area contributed by atoms with Crippen LogP contribution in [0.3, 0.4) is 0 Å². The Hall–Kier alpha value is -0.920. The highest BCUT2D eigenvalue weighted by Crippen LogP contribution is 2.66. The van der Waals surface area contributed by atoms with Crippen LogP contribution in [-0.2, 0) is 9.59 Å².